The van der Waals surface area contributed by atoms with Crippen LogP contribution in [0.3, 0.4) is 0 Å². The largest absolute Gasteiger partial charge is 0.477 e. The molecule has 3 aromatic rings. The van der Waals surface area contributed by atoms with E-state index in [1.807, 2.05) is 6.07 Å². The van der Waals surface area contributed by atoms with Gasteiger partial charge in [0.05, 0.1) is 0 Å². The van der Waals surface area contributed by atoms with Crippen molar-refractivity contribution in [2.75, 3.05) is 49.1 Å². The summed E-state index contributed by atoms with van der Waals surface area (Å²) in [5.74, 6) is -0.223. The van der Waals surface area contributed by atoms with Crippen molar-refractivity contribution in [3.8, 4) is 0 Å². The number of aromatic nitrogens is 1. The van der Waals surface area contributed by atoms with E-state index in [9.17, 15) is 9.90 Å². The molecule has 6 nitrogen and oxygen atoms in total. The Kier molecular flexibility index (Phi) is 6.26. The average molecular weight is 443 g/mol. The standard InChI is InChI=1S/C27H30N4O2/c32-27(33)23-9-5-12-26(28-23)30-19-17-29(18-20-30)15-6-16-31-24-10-3-1-7-21(24)13-14-22-8-2-4-11-25(22)31/h1-5,7-12H,6,13-20H2,(H,32,33). The van der Waals surface area contributed by atoms with E-state index in [2.05, 4.69) is 68.2 Å². The zero-order valence-electron chi connectivity index (χ0n) is 18.9. The number of aromatic carboxylic acids is 1. The van der Waals surface area contributed by atoms with E-state index in [1.165, 1.54) is 22.5 Å². The minimum Gasteiger partial charge on any atom is -0.477 e. The highest BCUT2D eigenvalue weighted by Crippen LogP contribution is 2.35. The van der Waals surface area contributed by atoms with Crippen LogP contribution in [-0.4, -0.2) is 60.2 Å². The van der Waals surface area contributed by atoms with Gasteiger partial charge in [-0.2, -0.15) is 0 Å². The Balaban J connectivity index is 1.20. The molecule has 1 N–H and O–H groups in total. The number of carboxylic acids is 1. The highest BCUT2D eigenvalue weighted by Gasteiger charge is 2.22. The van der Waals surface area contributed by atoms with E-state index in [4.69, 9.17) is 0 Å². The third-order valence-electron chi connectivity index (χ3n) is 6.73. The maximum Gasteiger partial charge on any atom is 0.354 e. The molecule has 0 saturated carbocycles. The number of nitrogens with zero attached hydrogens (tertiary/aromatic N) is 4. The Hall–Kier alpha value is -3.38. The number of anilines is 3. The second kappa shape index (κ2) is 9.63. The summed E-state index contributed by atoms with van der Waals surface area (Å²) >= 11 is 0. The molecule has 33 heavy (non-hydrogen) atoms. The van der Waals surface area contributed by atoms with Gasteiger partial charge in [-0.15, -0.1) is 0 Å². The van der Waals surface area contributed by atoms with Gasteiger partial charge in [0, 0.05) is 44.1 Å². The molecule has 6 heteroatoms. The van der Waals surface area contributed by atoms with E-state index in [1.54, 1.807) is 12.1 Å². The summed E-state index contributed by atoms with van der Waals surface area (Å²) in [6.07, 6.45) is 3.26. The fourth-order valence-electron chi connectivity index (χ4n) is 4.98. The molecule has 0 amide bonds. The van der Waals surface area contributed by atoms with E-state index in [0.29, 0.717) is 0 Å². The first-order valence-corrected chi connectivity index (χ1v) is 11.8. The SMILES string of the molecule is O=C(O)c1cccc(N2CCN(CCCN3c4ccccc4CCc4ccccc43)CC2)n1. The van der Waals surface area contributed by atoms with Crippen LogP contribution in [0.15, 0.2) is 66.7 Å². The van der Waals surface area contributed by atoms with E-state index < -0.39 is 5.97 Å². The summed E-state index contributed by atoms with van der Waals surface area (Å²) in [5, 5.41) is 9.20. The van der Waals surface area contributed by atoms with Gasteiger partial charge in [0.1, 0.15) is 5.82 Å². The van der Waals surface area contributed by atoms with Crippen LogP contribution >= 0.6 is 0 Å². The Labute approximate surface area is 195 Å². The van der Waals surface area contributed by atoms with Gasteiger partial charge in [-0.3, -0.25) is 4.90 Å². The first-order valence-electron chi connectivity index (χ1n) is 11.8. The summed E-state index contributed by atoms with van der Waals surface area (Å²) in [7, 11) is 0. The monoisotopic (exact) mass is 442 g/mol. The molecule has 0 aliphatic carbocycles. The Bertz CT molecular complexity index is 1080. The van der Waals surface area contributed by atoms with Crippen LogP contribution in [0.4, 0.5) is 17.2 Å². The molecule has 2 aliphatic heterocycles. The van der Waals surface area contributed by atoms with Crippen LogP contribution in [0.1, 0.15) is 28.0 Å². The van der Waals surface area contributed by atoms with E-state index >= 15 is 0 Å². The number of pyridine rings is 1. The lowest BCUT2D eigenvalue weighted by atomic mass is 10.0. The Morgan fingerprint density at radius 1 is 0.788 bits per heavy atom. The molecule has 1 fully saturated rings. The summed E-state index contributed by atoms with van der Waals surface area (Å²) < 4.78 is 0. The second-order valence-electron chi connectivity index (χ2n) is 8.78. The molecule has 0 spiro atoms. The van der Waals surface area contributed by atoms with E-state index in [-0.39, 0.29) is 5.69 Å². The van der Waals surface area contributed by atoms with Crippen molar-refractivity contribution in [3.63, 3.8) is 0 Å². The molecule has 0 bridgehead atoms. The summed E-state index contributed by atoms with van der Waals surface area (Å²) in [6, 6.07) is 22.8. The summed E-state index contributed by atoms with van der Waals surface area (Å²) in [4.78, 5) is 22.7. The minimum atomic E-state index is -0.979. The molecule has 2 aliphatic rings. The molecule has 0 unspecified atom stereocenters. The summed E-state index contributed by atoms with van der Waals surface area (Å²) in [5.41, 5.74) is 5.65. The third kappa shape index (κ3) is 4.71. The lowest BCUT2D eigenvalue weighted by Gasteiger charge is -2.36. The Morgan fingerprint density at radius 2 is 1.42 bits per heavy atom. The van der Waals surface area contributed by atoms with Gasteiger partial charge in [-0.05, 0) is 61.2 Å². The van der Waals surface area contributed by atoms with Crippen molar-refractivity contribution in [2.45, 2.75) is 19.3 Å². The van der Waals surface area contributed by atoms with Gasteiger partial charge in [-0.1, -0.05) is 42.5 Å². The smallest absolute Gasteiger partial charge is 0.354 e. The van der Waals surface area contributed by atoms with Crippen molar-refractivity contribution >= 4 is 23.2 Å². The maximum atomic E-state index is 11.2. The number of carboxylic acid groups (broad SMARTS) is 1. The molecule has 1 saturated heterocycles. The summed E-state index contributed by atoms with van der Waals surface area (Å²) in [6.45, 7) is 5.71. The molecule has 1 aromatic heterocycles. The number of fused-ring (bicyclic) bond motifs is 2. The van der Waals surface area contributed by atoms with Crippen LogP contribution in [0, 0.1) is 0 Å². The van der Waals surface area contributed by atoms with Crippen molar-refractivity contribution in [3.05, 3.63) is 83.6 Å². The first-order chi connectivity index (χ1) is 16.2. The number of hydrogen-bond acceptors (Lipinski definition) is 5. The average Bonchev–Trinajstić information content (AvgIpc) is 3.02. The van der Waals surface area contributed by atoms with E-state index in [0.717, 1.165) is 64.3 Å². The van der Waals surface area contributed by atoms with Crippen LogP contribution in [0.5, 0.6) is 0 Å². The molecular weight excluding hydrogens is 412 g/mol. The number of aryl methyl sites for hydroxylation is 2. The van der Waals surface area contributed by atoms with Gasteiger partial charge in [0.25, 0.3) is 0 Å². The fourth-order valence-corrected chi connectivity index (χ4v) is 4.98. The van der Waals surface area contributed by atoms with Crippen molar-refractivity contribution < 1.29 is 9.90 Å². The van der Waals surface area contributed by atoms with Crippen LogP contribution in [-0.2, 0) is 12.8 Å². The maximum absolute atomic E-state index is 11.2. The van der Waals surface area contributed by atoms with Crippen molar-refractivity contribution in [2.24, 2.45) is 0 Å². The highest BCUT2D eigenvalue weighted by molar-refractivity contribution is 5.85. The van der Waals surface area contributed by atoms with Gasteiger partial charge >= 0.3 is 5.97 Å². The predicted octanol–water partition coefficient (Wildman–Crippen LogP) is 4.23. The van der Waals surface area contributed by atoms with Gasteiger partial charge in [0.15, 0.2) is 5.69 Å². The zero-order chi connectivity index (χ0) is 22.6. The molecular formula is C27H30N4O2. The predicted molar refractivity (Wildman–Crippen MR) is 132 cm³/mol. The molecule has 170 valence electrons. The molecule has 3 heterocycles. The van der Waals surface area contributed by atoms with Gasteiger partial charge < -0.3 is 14.9 Å². The fraction of sp³-hybridized carbons (Fsp3) is 0.333. The number of hydrogen-bond donors (Lipinski definition) is 1. The number of para-hydroxylation sites is 2. The van der Waals surface area contributed by atoms with Crippen LogP contribution < -0.4 is 9.80 Å². The highest BCUT2D eigenvalue weighted by atomic mass is 16.4. The van der Waals surface area contributed by atoms with Crippen molar-refractivity contribution in [1.29, 1.82) is 0 Å². The minimum absolute atomic E-state index is 0.105. The van der Waals surface area contributed by atoms with Crippen LogP contribution in [0.2, 0.25) is 0 Å². The Morgan fingerprint density at radius 3 is 2.06 bits per heavy atom. The molecule has 5 rings (SSSR count). The molecule has 2 aromatic carbocycles. The number of rotatable bonds is 6. The van der Waals surface area contributed by atoms with Gasteiger partial charge in [0.2, 0.25) is 0 Å². The molecule has 0 radical (unpaired) electrons. The number of benzene rings is 2. The molecule has 0 atom stereocenters. The third-order valence-corrected chi connectivity index (χ3v) is 6.73. The zero-order valence-corrected chi connectivity index (χ0v) is 18.9. The second-order valence-corrected chi connectivity index (χ2v) is 8.78. The number of piperazine rings is 1. The van der Waals surface area contributed by atoms with Crippen LogP contribution in [0.25, 0.3) is 0 Å². The lowest BCUT2D eigenvalue weighted by molar-refractivity contribution is 0.0690. The normalized spacial score (nSPS) is 16.1. The van der Waals surface area contributed by atoms with Crippen molar-refractivity contribution in [1.82, 2.24) is 9.88 Å². The first kappa shape index (κ1) is 21.5. The number of carbonyl (C=O) groups is 1. The lowest BCUT2D eigenvalue weighted by Crippen LogP contribution is -2.47. The topological polar surface area (TPSA) is 59.9 Å². The van der Waals surface area contributed by atoms with Gasteiger partial charge in [-0.25, -0.2) is 9.78 Å². The quantitative estimate of drug-likeness (QED) is 0.617.